The molecule has 20 heavy (non-hydrogen) atoms. The first-order valence-electron chi connectivity index (χ1n) is 7.81. The smallest absolute Gasteiger partial charge is 0.329 e. The zero-order valence-electron chi connectivity index (χ0n) is 12.6. The van der Waals surface area contributed by atoms with Crippen LogP contribution in [0, 0.1) is 0 Å². The van der Waals surface area contributed by atoms with Crippen molar-refractivity contribution in [3.8, 4) is 0 Å². The lowest BCUT2D eigenvalue weighted by molar-refractivity contribution is -0.148. The summed E-state index contributed by atoms with van der Waals surface area (Å²) in [5.41, 5.74) is -0.974. The minimum atomic E-state index is -0.974. The molecule has 0 bridgehead atoms. The Bertz CT molecular complexity index is 379. The maximum absolute atomic E-state index is 12.7. The van der Waals surface area contributed by atoms with Crippen molar-refractivity contribution < 1.29 is 14.7 Å². The molecule has 1 unspecified atom stereocenters. The number of carboxylic acid groups (broad SMARTS) is 1. The minimum absolute atomic E-state index is 0.0924. The SMILES string of the molecule is CCCC1(C(=O)O)CCCN1C(=O)N(C)C1CCCC1. The highest BCUT2D eigenvalue weighted by atomic mass is 16.4. The Morgan fingerprint density at radius 3 is 2.50 bits per heavy atom. The number of rotatable bonds is 4. The lowest BCUT2D eigenvalue weighted by atomic mass is 9.91. The Balaban J connectivity index is 2.16. The third-order valence-corrected chi connectivity index (χ3v) is 4.96. The second-order valence-corrected chi connectivity index (χ2v) is 6.17. The minimum Gasteiger partial charge on any atom is -0.479 e. The van der Waals surface area contributed by atoms with E-state index in [4.69, 9.17) is 0 Å². The number of nitrogens with zero attached hydrogens (tertiary/aromatic N) is 2. The summed E-state index contributed by atoms with van der Waals surface area (Å²) in [6, 6.07) is 0.196. The first-order chi connectivity index (χ1) is 9.53. The highest BCUT2D eigenvalue weighted by Gasteiger charge is 2.50. The van der Waals surface area contributed by atoms with E-state index >= 15 is 0 Å². The molecule has 5 nitrogen and oxygen atoms in total. The molecule has 1 aliphatic carbocycles. The molecule has 1 heterocycles. The molecular weight excluding hydrogens is 256 g/mol. The molecule has 114 valence electrons. The summed E-state index contributed by atoms with van der Waals surface area (Å²) in [5.74, 6) is -0.843. The monoisotopic (exact) mass is 282 g/mol. The summed E-state index contributed by atoms with van der Waals surface area (Å²) in [5, 5.41) is 9.65. The van der Waals surface area contributed by atoms with Gasteiger partial charge in [0.15, 0.2) is 0 Å². The van der Waals surface area contributed by atoms with Crippen molar-refractivity contribution in [3.63, 3.8) is 0 Å². The van der Waals surface area contributed by atoms with Crippen molar-refractivity contribution >= 4 is 12.0 Å². The first-order valence-corrected chi connectivity index (χ1v) is 7.81. The molecule has 1 N–H and O–H groups in total. The predicted octanol–water partition coefficient (Wildman–Crippen LogP) is 2.70. The van der Waals surface area contributed by atoms with Crippen LogP contribution >= 0.6 is 0 Å². The Morgan fingerprint density at radius 1 is 1.30 bits per heavy atom. The molecule has 5 heteroatoms. The van der Waals surface area contributed by atoms with Crippen molar-refractivity contribution in [1.82, 2.24) is 9.80 Å². The topological polar surface area (TPSA) is 60.9 Å². The fraction of sp³-hybridized carbons (Fsp3) is 0.867. The Labute approximate surface area is 120 Å². The number of carboxylic acids is 1. The maximum Gasteiger partial charge on any atom is 0.329 e. The molecule has 0 aromatic heterocycles. The number of carbonyl (C=O) groups excluding carboxylic acids is 1. The van der Waals surface area contributed by atoms with E-state index in [9.17, 15) is 14.7 Å². The van der Waals surface area contributed by atoms with E-state index in [1.165, 1.54) is 12.8 Å². The van der Waals surface area contributed by atoms with Crippen molar-refractivity contribution in [2.75, 3.05) is 13.6 Å². The second kappa shape index (κ2) is 6.02. The molecule has 1 atom stereocenters. The molecule has 2 rings (SSSR count). The molecule has 0 aromatic carbocycles. The normalized spacial score (nSPS) is 27.0. The van der Waals surface area contributed by atoms with Gasteiger partial charge in [-0.15, -0.1) is 0 Å². The van der Waals surface area contributed by atoms with Crippen molar-refractivity contribution in [2.45, 2.75) is 69.9 Å². The largest absolute Gasteiger partial charge is 0.479 e. The highest BCUT2D eigenvalue weighted by molar-refractivity contribution is 5.87. The van der Waals surface area contributed by atoms with E-state index in [2.05, 4.69) is 0 Å². The third kappa shape index (κ3) is 2.50. The van der Waals surface area contributed by atoms with Gasteiger partial charge in [-0.2, -0.15) is 0 Å². The van der Waals surface area contributed by atoms with Crippen LogP contribution in [0.15, 0.2) is 0 Å². The van der Waals surface area contributed by atoms with Crippen LogP contribution in [0.2, 0.25) is 0 Å². The van der Waals surface area contributed by atoms with Crippen LogP contribution in [-0.2, 0) is 4.79 Å². The second-order valence-electron chi connectivity index (χ2n) is 6.17. The Morgan fingerprint density at radius 2 is 1.95 bits per heavy atom. The van der Waals surface area contributed by atoms with E-state index in [0.717, 1.165) is 25.7 Å². The summed E-state index contributed by atoms with van der Waals surface area (Å²) in [4.78, 5) is 27.9. The van der Waals surface area contributed by atoms with Crippen LogP contribution < -0.4 is 0 Å². The molecule has 0 aromatic rings. The average Bonchev–Trinajstić information content (AvgIpc) is 3.07. The first kappa shape index (κ1) is 15.1. The number of hydrogen-bond acceptors (Lipinski definition) is 2. The molecule has 1 aliphatic heterocycles. The maximum atomic E-state index is 12.7. The highest BCUT2D eigenvalue weighted by Crippen LogP contribution is 2.35. The zero-order valence-corrected chi connectivity index (χ0v) is 12.6. The molecule has 0 spiro atoms. The Kier molecular flexibility index (Phi) is 4.55. The van der Waals surface area contributed by atoms with Gasteiger partial charge in [0.05, 0.1) is 0 Å². The van der Waals surface area contributed by atoms with Crippen molar-refractivity contribution in [2.24, 2.45) is 0 Å². The Hall–Kier alpha value is -1.26. The van der Waals surface area contributed by atoms with Gasteiger partial charge < -0.3 is 14.9 Å². The number of hydrogen-bond donors (Lipinski definition) is 1. The lowest BCUT2D eigenvalue weighted by Crippen LogP contribution is -2.57. The van der Waals surface area contributed by atoms with E-state index in [1.54, 1.807) is 9.80 Å². The quantitative estimate of drug-likeness (QED) is 0.862. The number of urea groups is 1. The lowest BCUT2D eigenvalue weighted by Gasteiger charge is -2.38. The van der Waals surface area contributed by atoms with Gasteiger partial charge in [0.25, 0.3) is 0 Å². The molecule has 1 saturated carbocycles. The van der Waals surface area contributed by atoms with Gasteiger partial charge in [-0.3, -0.25) is 0 Å². The molecule has 2 fully saturated rings. The zero-order chi connectivity index (χ0) is 14.8. The number of likely N-dealkylation sites (tertiary alicyclic amines) is 1. The fourth-order valence-corrected chi connectivity index (χ4v) is 3.80. The summed E-state index contributed by atoms with van der Waals surface area (Å²) >= 11 is 0. The standard InChI is InChI=1S/C15H26N2O3/c1-3-9-15(13(18)19)10-6-11-17(15)14(20)16(2)12-7-4-5-8-12/h12H,3-11H2,1-2H3,(H,18,19). The van der Waals surface area contributed by atoms with Gasteiger partial charge in [0, 0.05) is 19.6 Å². The molecule has 0 radical (unpaired) electrons. The number of carbonyl (C=O) groups is 2. The predicted molar refractivity (Wildman–Crippen MR) is 76.6 cm³/mol. The summed E-state index contributed by atoms with van der Waals surface area (Å²) in [7, 11) is 1.83. The van der Waals surface area contributed by atoms with E-state index < -0.39 is 11.5 Å². The van der Waals surface area contributed by atoms with Crippen molar-refractivity contribution in [3.05, 3.63) is 0 Å². The average molecular weight is 282 g/mol. The molecule has 1 saturated heterocycles. The molecular formula is C15H26N2O3. The van der Waals surface area contributed by atoms with Gasteiger partial charge in [0.1, 0.15) is 5.54 Å². The number of amides is 2. The van der Waals surface area contributed by atoms with Gasteiger partial charge in [-0.25, -0.2) is 9.59 Å². The summed E-state index contributed by atoms with van der Waals surface area (Å²) in [6.45, 7) is 2.55. The van der Waals surface area contributed by atoms with Crippen LogP contribution in [0.3, 0.4) is 0 Å². The molecule has 2 aliphatic rings. The third-order valence-electron chi connectivity index (χ3n) is 4.96. The van der Waals surface area contributed by atoms with Gasteiger partial charge in [-0.1, -0.05) is 26.2 Å². The summed E-state index contributed by atoms with van der Waals surface area (Å²) in [6.07, 6.45) is 7.13. The van der Waals surface area contributed by atoms with E-state index in [1.807, 2.05) is 14.0 Å². The van der Waals surface area contributed by atoms with Crippen LogP contribution in [0.4, 0.5) is 4.79 Å². The van der Waals surface area contributed by atoms with E-state index in [-0.39, 0.29) is 12.1 Å². The number of aliphatic carboxylic acids is 1. The molecule has 2 amide bonds. The van der Waals surface area contributed by atoms with Crippen LogP contribution in [0.1, 0.15) is 58.3 Å². The van der Waals surface area contributed by atoms with Crippen molar-refractivity contribution in [1.29, 1.82) is 0 Å². The van der Waals surface area contributed by atoms with Gasteiger partial charge in [0.2, 0.25) is 0 Å². The fourth-order valence-electron chi connectivity index (χ4n) is 3.80. The summed E-state index contributed by atoms with van der Waals surface area (Å²) < 4.78 is 0. The van der Waals surface area contributed by atoms with Crippen LogP contribution in [0.5, 0.6) is 0 Å². The van der Waals surface area contributed by atoms with Gasteiger partial charge in [-0.05, 0) is 32.1 Å². The van der Waals surface area contributed by atoms with Gasteiger partial charge >= 0.3 is 12.0 Å². The van der Waals surface area contributed by atoms with E-state index in [0.29, 0.717) is 19.4 Å². The van der Waals surface area contributed by atoms with Crippen LogP contribution in [0.25, 0.3) is 0 Å². The van der Waals surface area contributed by atoms with Crippen LogP contribution in [-0.4, -0.2) is 52.1 Å².